The third kappa shape index (κ3) is 33.3. The number of esters is 2. The van der Waals surface area contributed by atoms with Gasteiger partial charge in [-0.1, -0.05) is 147 Å². The van der Waals surface area contributed by atoms with Gasteiger partial charge in [-0.2, -0.15) is 11.8 Å². The summed E-state index contributed by atoms with van der Waals surface area (Å²) < 4.78 is 21.0. The third-order valence-corrected chi connectivity index (χ3v) is 14.7. The molecule has 15 heteroatoms. The second-order valence-corrected chi connectivity index (χ2v) is 20.9. The number of fused-ring (bicyclic) bond motifs is 1. The number of carbonyl (C=O) groups is 4. The maximum atomic E-state index is 12.8. The number of rotatable bonds is 45. The van der Waals surface area contributed by atoms with Crippen LogP contribution in [0.3, 0.4) is 0 Å². The molecule has 382 valence electrons. The molecule has 2 heterocycles. The monoisotopic (exact) mass is 969 g/mol. The van der Waals surface area contributed by atoms with E-state index in [1.54, 1.807) is 0 Å². The van der Waals surface area contributed by atoms with Gasteiger partial charge < -0.3 is 35.2 Å². The smallest absolute Gasteiger partial charge is 0.315 e. The number of hydrogen-bond donors (Lipinski definition) is 3. The van der Waals surface area contributed by atoms with Crippen molar-refractivity contribution in [3.05, 3.63) is 24.3 Å². The molecule has 2 aliphatic rings. The quantitative estimate of drug-likeness (QED) is 0.0173. The van der Waals surface area contributed by atoms with Crippen molar-refractivity contribution in [3.8, 4) is 0 Å². The molecule has 0 saturated carbocycles. The summed E-state index contributed by atoms with van der Waals surface area (Å²) >= 11 is 1.83. The van der Waals surface area contributed by atoms with Gasteiger partial charge >= 0.3 is 18.0 Å². The predicted octanol–water partition coefficient (Wildman–Crippen LogP) is 10.8. The van der Waals surface area contributed by atoms with Crippen LogP contribution in [0.2, 0.25) is 0 Å². The van der Waals surface area contributed by atoms with Gasteiger partial charge in [-0.3, -0.25) is 14.4 Å². The van der Waals surface area contributed by atoms with Crippen LogP contribution < -0.4 is 25.7 Å². The Morgan fingerprint density at radius 2 is 1.15 bits per heavy atom. The summed E-state index contributed by atoms with van der Waals surface area (Å²) in [7, 11) is -4.83. The zero-order valence-electron chi connectivity index (χ0n) is 41.2. The average Bonchev–Trinajstić information content (AvgIpc) is 3.86. The van der Waals surface area contributed by atoms with E-state index in [1.807, 2.05) is 11.8 Å². The van der Waals surface area contributed by atoms with Gasteiger partial charge in [0.05, 0.1) is 12.1 Å². The van der Waals surface area contributed by atoms with E-state index in [0.717, 1.165) is 95.6 Å². The fraction of sp³-hybridized carbons (Fsp3) is 0.843. The maximum Gasteiger partial charge on any atom is 0.315 e. The first kappa shape index (κ1) is 59.9. The molecule has 0 aromatic carbocycles. The molecule has 0 unspecified atom stereocenters. The van der Waals surface area contributed by atoms with Gasteiger partial charge in [0.25, 0.3) is 0 Å². The van der Waals surface area contributed by atoms with E-state index in [0.29, 0.717) is 30.9 Å². The van der Waals surface area contributed by atoms with Crippen LogP contribution in [0, 0.1) is 0 Å². The SMILES string of the molecule is CCCCCCCC/C=C\CCCCCCCC(=O)OC[C@H](CO[P+]([O-])([O-])OCCNC(=O)CCCC[C@@H]1SC[C@@H]2NC(=O)N[C@@H]21)OC(=O)CCCCCCC/C=C\CCCCCCCC. The number of unbranched alkanes of at least 4 members (excludes halogenated alkanes) is 23. The molecule has 0 aromatic heterocycles. The number of thioether (sulfide) groups is 1. The summed E-state index contributed by atoms with van der Waals surface area (Å²) in [5.74, 6) is -0.270. The topological polar surface area (TPSA) is 187 Å². The van der Waals surface area contributed by atoms with Crippen LogP contribution in [0.15, 0.2) is 24.3 Å². The number of nitrogens with one attached hydrogen (secondary N) is 3. The number of ether oxygens (including phenoxy) is 2. The summed E-state index contributed by atoms with van der Waals surface area (Å²) in [6, 6.07) is 0.177. The first-order valence-corrected chi connectivity index (χ1v) is 28.8. The number of amides is 3. The van der Waals surface area contributed by atoms with Crippen LogP contribution in [-0.2, 0) is 32.9 Å². The van der Waals surface area contributed by atoms with Crippen LogP contribution in [0.1, 0.15) is 219 Å². The number of urea groups is 1. The van der Waals surface area contributed by atoms with E-state index < -0.39 is 32.8 Å². The molecule has 0 aromatic rings. The second kappa shape index (κ2) is 40.6. The minimum Gasteiger partial charge on any atom is -0.635 e. The fourth-order valence-corrected chi connectivity index (χ4v) is 10.5. The van der Waals surface area contributed by atoms with Gasteiger partial charge in [-0.25, -0.2) is 13.8 Å². The molecule has 13 nitrogen and oxygen atoms in total. The van der Waals surface area contributed by atoms with E-state index in [9.17, 15) is 29.0 Å². The molecule has 2 saturated heterocycles. The van der Waals surface area contributed by atoms with Gasteiger partial charge in [0.2, 0.25) is 5.91 Å². The molecule has 2 rings (SSSR count). The van der Waals surface area contributed by atoms with Crippen molar-refractivity contribution in [2.45, 2.75) is 243 Å². The highest BCUT2D eigenvalue weighted by molar-refractivity contribution is 8.00. The third-order valence-electron chi connectivity index (χ3n) is 12.2. The van der Waals surface area contributed by atoms with Crippen molar-refractivity contribution in [1.82, 2.24) is 16.0 Å². The van der Waals surface area contributed by atoms with E-state index in [2.05, 4.69) is 54.1 Å². The lowest BCUT2D eigenvalue weighted by atomic mass is 10.0. The van der Waals surface area contributed by atoms with Crippen LogP contribution in [0.5, 0.6) is 0 Å². The number of phosphoric acid groups is 1. The molecule has 3 N–H and O–H groups in total. The van der Waals surface area contributed by atoms with Crippen LogP contribution in [0.4, 0.5) is 4.79 Å². The maximum absolute atomic E-state index is 12.8. The molecule has 0 spiro atoms. The fourth-order valence-electron chi connectivity index (χ4n) is 8.22. The minimum absolute atomic E-state index is 0.0311. The molecule has 2 fully saturated rings. The molecule has 4 atom stereocenters. The highest BCUT2D eigenvalue weighted by Gasteiger charge is 2.42. The standard InChI is InChI=1S/C51H92N3O10PS/c1-3-5-7-9-11-13-15-17-19-21-23-25-27-29-31-37-48(56)61-41-44(64-49(57)38-32-30-28-26-24-22-20-18-16-14-12-10-8-6-4-2)42-63-65(59,60)62-40-39-52-47(55)36-34-33-35-46-50-45(43-66-46)53-51(58)54-50/h17-20,44-46,50H,3-16,21-43H2,1-2H3,(H,52,55)(H,59,60)(H2,53,54,58)/p-1/b19-17-,20-18-/t44-,45+,46+,50+/m1/s1. The molecule has 0 bridgehead atoms. The summed E-state index contributed by atoms with van der Waals surface area (Å²) in [5.41, 5.74) is 0. The lowest BCUT2D eigenvalue weighted by molar-refractivity contribution is -0.367. The normalized spacial score (nSPS) is 17.6. The zero-order valence-corrected chi connectivity index (χ0v) is 42.9. The van der Waals surface area contributed by atoms with Gasteiger partial charge in [-0.15, -0.1) is 0 Å². The molecule has 2 aliphatic heterocycles. The number of carbonyl (C=O) groups excluding carboxylic acids is 4. The van der Waals surface area contributed by atoms with E-state index in [1.165, 1.54) is 77.0 Å². The summed E-state index contributed by atoms with van der Waals surface area (Å²) in [5, 5.41) is 8.90. The van der Waals surface area contributed by atoms with Crippen molar-refractivity contribution in [1.29, 1.82) is 0 Å². The molecule has 0 aliphatic carbocycles. The number of hydrogen-bond acceptors (Lipinski definition) is 11. The molecule has 0 radical (unpaired) electrons. The highest BCUT2D eigenvalue weighted by atomic mass is 32.2. The molecular formula is C51H91N3O10PS-. The Morgan fingerprint density at radius 1 is 0.652 bits per heavy atom. The van der Waals surface area contributed by atoms with Crippen LogP contribution >= 0.6 is 19.9 Å². The summed E-state index contributed by atoms with van der Waals surface area (Å²) in [6.07, 6.45) is 41.0. The predicted molar refractivity (Wildman–Crippen MR) is 266 cm³/mol. The number of phosphoric ester groups is 1. The Labute approximate surface area is 404 Å². The summed E-state index contributed by atoms with van der Waals surface area (Å²) in [6.45, 7) is 3.23. The Balaban J connectivity index is 1.65. The van der Waals surface area contributed by atoms with Crippen molar-refractivity contribution in [2.75, 3.05) is 32.1 Å². The summed E-state index contributed by atoms with van der Waals surface area (Å²) in [4.78, 5) is 74.6. The lowest BCUT2D eigenvalue weighted by Gasteiger charge is -2.32. The van der Waals surface area contributed by atoms with Gasteiger partial charge in [-0.05, 0) is 77.0 Å². The largest absolute Gasteiger partial charge is 0.635 e. The average molecular weight is 969 g/mol. The number of allylic oxidation sites excluding steroid dienone is 4. The van der Waals surface area contributed by atoms with Gasteiger partial charge in [0.1, 0.15) is 19.8 Å². The van der Waals surface area contributed by atoms with Crippen molar-refractivity contribution < 1.29 is 47.5 Å². The Bertz CT molecular complexity index is 1320. The molecule has 3 amide bonds. The Hall–Kier alpha value is -2.22. The minimum atomic E-state index is -4.83. The Morgan fingerprint density at radius 3 is 1.71 bits per heavy atom. The van der Waals surface area contributed by atoms with Crippen LogP contribution in [-0.4, -0.2) is 79.4 Å². The van der Waals surface area contributed by atoms with E-state index in [-0.39, 0.29) is 56.6 Å². The lowest BCUT2D eigenvalue weighted by Crippen LogP contribution is -2.36. The first-order chi connectivity index (χ1) is 32.1. The Kier molecular flexibility index (Phi) is 36.9. The molecule has 66 heavy (non-hydrogen) atoms. The van der Waals surface area contributed by atoms with Gasteiger partial charge in [0, 0.05) is 36.8 Å². The van der Waals surface area contributed by atoms with E-state index >= 15 is 0 Å². The van der Waals surface area contributed by atoms with Crippen LogP contribution in [0.25, 0.3) is 0 Å². The van der Waals surface area contributed by atoms with Crippen molar-refractivity contribution in [3.63, 3.8) is 0 Å². The van der Waals surface area contributed by atoms with Crippen molar-refractivity contribution in [2.24, 2.45) is 0 Å². The van der Waals surface area contributed by atoms with E-state index in [4.69, 9.17) is 18.5 Å². The van der Waals surface area contributed by atoms with Crippen molar-refractivity contribution >= 4 is 43.8 Å². The molecular weight excluding hydrogens is 878 g/mol. The highest BCUT2D eigenvalue weighted by Crippen LogP contribution is 2.42. The zero-order chi connectivity index (χ0) is 47.8. The van der Waals surface area contributed by atoms with Gasteiger partial charge in [0.15, 0.2) is 14.3 Å². The second-order valence-electron chi connectivity index (χ2n) is 18.3. The first-order valence-electron chi connectivity index (χ1n) is 26.3.